The van der Waals surface area contributed by atoms with Crippen molar-refractivity contribution < 1.29 is 19.0 Å². The van der Waals surface area contributed by atoms with E-state index in [9.17, 15) is 5.11 Å². The van der Waals surface area contributed by atoms with Crippen molar-refractivity contribution in [2.75, 3.05) is 78.6 Å². The van der Waals surface area contributed by atoms with E-state index in [0.717, 1.165) is 57.7 Å². The van der Waals surface area contributed by atoms with Crippen LogP contribution in [0, 0.1) is 11.7 Å². The maximum Gasteiger partial charge on any atom is 0.147 e. The molecule has 1 fully saturated rings. The van der Waals surface area contributed by atoms with Crippen molar-refractivity contribution in [3.05, 3.63) is 59.4 Å². The predicted octanol–water partition coefficient (Wildman–Crippen LogP) is 3.04. The summed E-state index contributed by atoms with van der Waals surface area (Å²) in [6.07, 6.45) is 1.98. The number of piperidine rings is 1. The molecule has 0 amide bonds. The molecule has 1 aliphatic heterocycles. The van der Waals surface area contributed by atoms with Crippen LogP contribution < -0.4 is 20.3 Å². The van der Waals surface area contributed by atoms with Gasteiger partial charge in [0.25, 0.3) is 0 Å². The number of hydrogen-bond acceptors (Lipinski definition) is 7. The molecule has 1 aliphatic rings. The van der Waals surface area contributed by atoms with Crippen LogP contribution in [0.1, 0.15) is 30.0 Å². The molecule has 1 atom stereocenters. The fraction of sp³-hybridized carbons (Fsp3) is 0.571. The SMILES string of the molecule is CNC(COC)c1cc(F)c(N2CCC(CN(CCO)CCNCc3ccccc3)CC2)cc1OC. The highest BCUT2D eigenvalue weighted by Gasteiger charge is 2.25. The number of methoxy groups -OCH3 is 2. The zero-order valence-electron chi connectivity index (χ0n) is 22.0. The molecule has 3 rings (SSSR count). The van der Waals surface area contributed by atoms with E-state index in [1.807, 2.05) is 19.2 Å². The summed E-state index contributed by atoms with van der Waals surface area (Å²) >= 11 is 0. The van der Waals surface area contributed by atoms with Gasteiger partial charge >= 0.3 is 0 Å². The number of nitrogens with one attached hydrogen (secondary N) is 2. The van der Waals surface area contributed by atoms with Crippen LogP contribution >= 0.6 is 0 Å². The minimum Gasteiger partial charge on any atom is -0.496 e. The summed E-state index contributed by atoms with van der Waals surface area (Å²) < 4.78 is 26.1. The molecule has 2 aromatic carbocycles. The molecule has 8 heteroatoms. The predicted molar refractivity (Wildman–Crippen MR) is 143 cm³/mol. The van der Waals surface area contributed by atoms with Crippen molar-refractivity contribution >= 4 is 5.69 Å². The first kappa shape index (κ1) is 28.3. The Morgan fingerprint density at radius 1 is 1.14 bits per heavy atom. The minimum absolute atomic E-state index is 0.140. The second-order valence-electron chi connectivity index (χ2n) is 9.46. The van der Waals surface area contributed by atoms with Gasteiger partial charge in [-0.3, -0.25) is 4.90 Å². The third-order valence-corrected chi connectivity index (χ3v) is 7.02. The third-order valence-electron chi connectivity index (χ3n) is 7.02. The summed E-state index contributed by atoms with van der Waals surface area (Å²) in [5.41, 5.74) is 2.63. The molecule has 0 spiro atoms. The molecule has 0 saturated carbocycles. The van der Waals surface area contributed by atoms with E-state index in [4.69, 9.17) is 9.47 Å². The molecule has 1 saturated heterocycles. The summed E-state index contributed by atoms with van der Waals surface area (Å²) in [4.78, 5) is 4.46. The molecule has 36 heavy (non-hydrogen) atoms. The van der Waals surface area contributed by atoms with E-state index in [0.29, 0.717) is 30.5 Å². The van der Waals surface area contributed by atoms with Crippen LogP contribution in [0.2, 0.25) is 0 Å². The van der Waals surface area contributed by atoms with E-state index in [1.165, 1.54) is 5.56 Å². The van der Waals surface area contributed by atoms with Gasteiger partial charge in [0.2, 0.25) is 0 Å². The number of aliphatic hydroxyl groups excluding tert-OH is 1. The molecule has 2 aromatic rings. The van der Waals surface area contributed by atoms with Gasteiger partial charge in [-0.15, -0.1) is 0 Å². The van der Waals surface area contributed by atoms with E-state index in [2.05, 4.69) is 44.7 Å². The summed E-state index contributed by atoms with van der Waals surface area (Å²) in [7, 11) is 5.09. The number of anilines is 1. The largest absolute Gasteiger partial charge is 0.496 e. The summed E-state index contributed by atoms with van der Waals surface area (Å²) in [5.74, 6) is 0.968. The smallest absolute Gasteiger partial charge is 0.147 e. The van der Waals surface area contributed by atoms with E-state index < -0.39 is 0 Å². The Hall–Kier alpha value is -2.23. The minimum atomic E-state index is -0.230. The Kier molecular flexibility index (Phi) is 11.9. The molecule has 7 nitrogen and oxygen atoms in total. The van der Waals surface area contributed by atoms with Gasteiger partial charge < -0.3 is 30.1 Å². The maximum absolute atomic E-state index is 15.2. The number of rotatable bonds is 15. The zero-order chi connectivity index (χ0) is 25.8. The number of aliphatic hydroxyl groups is 1. The topological polar surface area (TPSA) is 69.2 Å². The zero-order valence-corrected chi connectivity index (χ0v) is 22.0. The second-order valence-corrected chi connectivity index (χ2v) is 9.46. The third kappa shape index (κ3) is 8.15. The molecular weight excluding hydrogens is 459 g/mol. The number of likely N-dealkylation sites (N-methyl/N-ethyl adjacent to an activating group) is 1. The fourth-order valence-corrected chi connectivity index (χ4v) is 4.97. The highest BCUT2D eigenvalue weighted by atomic mass is 19.1. The molecular formula is C28H43FN4O3. The number of halogens is 1. The molecule has 0 aromatic heterocycles. The van der Waals surface area contributed by atoms with Gasteiger partial charge in [0.15, 0.2) is 0 Å². The van der Waals surface area contributed by atoms with Crippen LogP contribution in [0.5, 0.6) is 5.75 Å². The average molecular weight is 503 g/mol. The highest BCUT2D eigenvalue weighted by molar-refractivity contribution is 5.56. The lowest BCUT2D eigenvalue weighted by Crippen LogP contribution is -2.42. The maximum atomic E-state index is 15.2. The first-order valence-electron chi connectivity index (χ1n) is 13.0. The summed E-state index contributed by atoms with van der Waals surface area (Å²) in [6.45, 7) is 6.45. The van der Waals surface area contributed by atoms with E-state index >= 15 is 4.39 Å². The Morgan fingerprint density at radius 2 is 1.89 bits per heavy atom. The Labute approximate surface area is 215 Å². The quantitative estimate of drug-likeness (QED) is 0.324. The average Bonchev–Trinajstić information content (AvgIpc) is 2.91. The van der Waals surface area contributed by atoms with Crippen molar-refractivity contribution in [3.8, 4) is 5.75 Å². The first-order valence-corrected chi connectivity index (χ1v) is 13.0. The van der Waals surface area contributed by atoms with E-state index in [-0.39, 0.29) is 18.5 Å². The lowest BCUT2D eigenvalue weighted by molar-refractivity contribution is 0.166. The fourth-order valence-electron chi connectivity index (χ4n) is 4.97. The van der Waals surface area contributed by atoms with Gasteiger partial charge in [0.05, 0.1) is 32.1 Å². The number of nitrogens with zero attached hydrogens (tertiary/aromatic N) is 2. The van der Waals surface area contributed by atoms with Gasteiger partial charge in [-0.25, -0.2) is 4.39 Å². The molecule has 3 N–H and O–H groups in total. The normalized spacial score (nSPS) is 15.4. The van der Waals surface area contributed by atoms with Crippen LogP contribution in [-0.4, -0.2) is 83.8 Å². The van der Waals surface area contributed by atoms with Crippen molar-refractivity contribution in [3.63, 3.8) is 0 Å². The van der Waals surface area contributed by atoms with Crippen molar-refractivity contribution in [2.24, 2.45) is 5.92 Å². The van der Waals surface area contributed by atoms with Crippen LogP contribution in [0.25, 0.3) is 0 Å². The standard InChI is InChI=1S/C28H43FN4O3/c1-30-26(21-35-2)24-17-25(29)27(18-28(24)36-3)33-12-9-23(10-13-33)20-32(15-16-34)14-11-31-19-22-7-5-4-6-8-22/h4-8,17-18,23,26,30-31,34H,9-16,19-21H2,1-3H3. The number of hydrogen-bond donors (Lipinski definition) is 3. The first-order chi connectivity index (χ1) is 17.6. The van der Waals surface area contributed by atoms with Gasteiger partial charge in [-0.05, 0) is 37.4 Å². The van der Waals surface area contributed by atoms with Crippen molar-refractivity contribution in [1.82, 2.24) is 15.5 Å². The van der Waals surface area contributed by atoms with Crippen LogP contribution in [0.15, 0.2) is 42.5 Å². The number of benzene rings is 2. The lowest BCUT2D eigenvalue weighted by Gasteiger charge is -2.36. The lowest BCUT2D eigenvalue weighted by atomic mass is 9.95. The Morgan fingerprint density at radius 3 is 2.53 bits per heavy atom. The van der Waals surface area contributed by atoms with Gasteiger partial charge in [0.1, 0.15) is 11.6 Å². The summed E-state index contributed by atoms with van der Waals surface area (Å²) in [6, 6.07) is 13.6. The highest BCUT2D eigenvalue weighted by Crippen LogP contribution is 2.34. The van der Waals surface area contributed by atoms with E-state index in [1.54, 1.807) is 20.3 Å². The van der Waals surface area contributed by atoms with Gasteiger partial charge in [-0.2, -0.15) is 0 Å². The molecule has 0 bridgehead atoms. The summed E-state index contributed by atoms with van der Waals surface area (Å²) in [5, 5.41) is 16.2. The molecule has 200 valence electrons. The Bertz CT molecular complexity index is 894. The molecule has 0 radical (unpaired) electrons. The van der Waals surface area contributed by atoms with Crippen molar-refractivity contribution in [2.45, 2.75) is 25.4 Å². The Balaban J connectivity index is 1.52. The molecule has 1 heterocycles. The van der Waals surface area contributed by atoms with Crippen LogP contribution in [-0.2, 0) is 11.3 Å². The van der Waals surface area contributed by atoms with Crippen LogP contribution in [0.3, 0.4) is 0 Å². The molecule has 0 aliphatic carbocycles. The van der Waals surface area contributed by atoms with Crippen molar-refractivity contribution in [1.29, 1.82) is 0 Å². The van der Waals surface area contributed by atoms with Crippen LogP contribution in [0.4, 0.5) is 10.1 Å². The second kappa shape index (κ2) is 15.1. The van der Waals surface area contributed by atoms with Gasteiger partial charge in [-0.1, -0.05) is 30.3 Å². The monoisotopic (exact) mass is 502 g/mol. The van der Waals surface area contributed by atoms with Gasteiger partial charge in [0, 0.05) is 64.6 Å². The molecule has 1 unspecified atom stereocenters. The number of ether oxygens (including phenoxy) is 2.